The third-order valence-electron chi connectivity index (χ3n) is 2.37. The van der Waals surface area contributed by atoms with Gasteiger partial charge in [-0.1, -0.05) is 6.92 Å². The van der Waals surface area contributed by atoms with Crippen molar-refractivity contribution in [3.05, 3.63) is 34.6 Å². The van der Waals surface area contributed by atoms with Crippen molar-refractivity contribution in [1.82, 2.24) is 0 Å². The van der Waals surface area contributed by atoms with Crippen LogP contribution >= 0.6 is 0 Å². The molecule has 1 rings (SSSR count). The van der Waals surface area contributed by atoms with E-state index in [0.29, 0.717) is 0 Å². The second-order valence-electron chi connectivity index (χ2n) is 3.59. The molecule has 0 aromatic heterocycles. The van der Waals surface area contributed by atoms with Gasteiger partial charge in [0.15, 0.2) is 23.3 Å². The summed E-state index contributed by atoms with van der Waals surface area (Å²) in [6, 6.07) is 0. The Morgan fingerprint density at radius 1 is 0.882 bits per heavy atom. The second kappa shape index (κ2) is 4.97. The lowest BCUT2D eigenvalue weighted by molar-refractivity contribution is 0.0694. The molecular formula is C10H9F5O2. The summed E-state index contributed by atoms with van der Waals surface area (Å²) in [6.45, 7) is 0.531. The molecule has 96 valence electrons. The van der Waals surface area contributed by atoms with E-state index in [0.717, 1.165) is 0 Å². The van der Waals surface area contributed by atoms with Gasteiger partial charge in [-0.2, -0.15) is 0 Å². The van der Waals surface area contributed by atoms with Gasteiger partial charge < -0.3 is 10.2 Å². The number of rotatable bonds is 3. The maximum atomic E-state index is 13.2. The minimum Gasteiger partial charge on any atom is -0.396 e. The van der Waals surface area contributed by atoms with E-state index in [9.17, 15) is 27.1 Å². The Morgan fingerprint density at radius 3 is 1.59 bits per heavy atom. The van der Waals surface area contributed by atoms with Gasteiger partial charge in [0.2, 0.25) is 5.82 Å². The van der Waals surface area contributed by atoms with Crippen molar-refractivity contribution in [3.63, 3.8) is 0 Å². The predicted octanol–water partition coefficient (Wildman–Crippen LogP) is 2.04. The summed E-state index contributed by atoms with van der Waals surface area (Å²) in [7, 11) is 0. The standard InChI is InChI=1S/C10H9F5O2/c1-3(2-16)10(17)4-5(11)7(13)9(15)8(14)6(4)12/h3,10,16-17H,2H2,1H3/t3-,10+/m1/s1. The van der Waals surface area contributed by atoms with Crippen LogP contribution in [0.25, 0.3) is 0 Å². The highest BCUT2D eigenvalue weighted by Gasteiger charge is 2.31. The lowest BCUT2D eigenvalue weighted by Crippen LogP contribution is -2.18. The Bertz CT molecular complexity index is 406. The molecule has 0 aliphatic heterocycles. The Hall–Kier alpha value is -1.21. The predicted molar refractivity (Wildman–Crippen MR) is 47.4 cm³/mol. The maximum Gasteiger partial charge on any atom is 0.200 e. The number of benzene rings is 1. The van der Waals surface area contributed by atoms with E-state index >= 15 is 0 Å². The van der Waals surface area contributed by atoms with Crippen LogP contribution in [-0.2, 0) is 0 Å². The minimum absolute atomic E-state index is 0.666. The number of aliphatic hydroxyl groups is 2. The zero-order chi connectivity index (χ0) is 13.3. The van der Waals surface area contributed by atoms with Gasteiger partial charge in [-0.05, 0) is 0 Å². The molecule has 7 heteroatoms. The Morgan fingerprint density at radius 2 is 1.24 bits per heavy atom. The lowest BCUT2D eigenvalue weighted by Gasteiger charge is -2.18. The SMILES string of the molecule is C[C@H](CO)[C@H](O)c1c(F)c(F)c(F)c(F)c1F. The van der Waals surface area contributed by atoms with Crippen LogP contribution in [-0.4, -0.2) is 16.8 Å². The summed E-state index contributed by atoms with van der Waals surface area (Å²) in [5.41, 5.74) is -1.33. The molecule has 0 bridgehead atoms. The maximum absolute atomic E-state index is 13.2. The molecule has 0 heterocycles. The third-order valence-corrected chi connectivity index (χ3v) is 2.37. The molecule has 0 saturated carbocycles. The molecular weight excluding hydrogens is 247 g/mol. The Kier molecular flexibility index (Phi) is 4.05. The zero-order valence-electron chi connectivity index (χ0n) is 8.65. The topological polar surface area (TPSA) is 40.5 Å². The van der Waals surface area contributed by atoms with Gasteiger partial charge in [0.25, 0.3) is 0 Å². The third kappa shape index (κ3) is 2.25. The average Bonchev–Trinajstić information content (AvgIpc) is 2.32. The van der Waals surface area contributed by atoms with Crippen molar-refractivity contribution >= 4 is 0 Å². The summed E-state index contributed by atoms with van der Waals surface area (Å²) in [5.74, 6) is -11.8. The molecule has 0 spiro atoms. The van der Waals surface area contributed by atoms with E-state index < -0.39 is 53.3 Å². The molecule has 0 fully saturated rings. The fourth-order valence-corrected chi connectivity index (χ4v) is 1.27. The first kappa shape index (κ1) is 13.9. The smallest absolute Gasteiger partial charge is 0.200 e. The average molecular weight is 256 g/mol. The van der Waals surface area contributed by atoms with Crippen molar-refractivity contribution in [3.8, 4) is 0 Å². The van der Waals surface area contributed by atoms with E-state index in [-0.39, 0.29) is 0 Å². The molecule has 0 aliphatic rings. The van der Waals surface area contributed by atoms with Crippen LogP contribution in [0.1, 0.15) is 18.6 Å². The van der Waals surface area contributed by atoms with Crippen molar-refractivity contribution in [2.45, 2.75) is 13.0 Å². The van der Waals surface area contributed by atoms with Crippen LogP contribution in [0, 0.1) is 35.0 Å². The second-order valence-corrected chi connectivity index (χ2v) is 3.59. The first-order valence-electron chi connectivity index (χ1n) is 4.63. The van der Waals surface area contributed by atoms with E-state index in [1.807, 2.05) is 0 Å². The fourth-order valence-electron chi connectivity index (χ4n) is 1.27. The Labute approximate surface area is 93.3 Å². The van der Waals surface area contributed by atoms with Crippen LogP contribution in [0.15, 0.2) is 0 Å². The van der Waals surface area contributed by atoms with Crippen LogP contribution < -0.4 is 0 Å². The van der Waals surface area contributed by atoms with Crippen molar-refractivity contribution in [2.24, 2.45) is 5.92 Å². The monoisotopic (exact) mass is 256 g/mol. The van der Waals surface area contributed by atoms with Crippen molar-refractivity contribution < 1.29 is 32.2 Å². The van der Waals surface area contributed by atoms with Gasteiger partial charge >= 0.3 is 0 Å². The summed E-state index contributed by atoms with van der Waals surface area (Å²) < 4.78 is 64.7. The first-order valence-corrected chi connectivity index (χ1v) is 4.63. The molecule has 2 nitrogen and oxygen atoms in total. The molecule has 0 amide bonds. The molecule has 0 saturated heterocycles. The van der Waals surface area contributed by atoms with Crippen LogP contribution in [0.2, 0.25) is 0 Å². The number of hydrogen-bond donors (Lipinski definition) is 2. The summed E-state index contributed by atoms with van der Waals surface area (Å²) in [5, 5.41) is 18.1. The molecule has 0 aliphatic carbocycles. The van der Waals surface area contributed by atoms with Gasteiger partial charge in [-0.15, -0.1) is 0 Å². The number of halogens is 5. The summed E-state index contributed by atoms with van der Waals surface area (Å²) in [4.78, 5) is 0. The van der Waals surface area contributed by atoms with Crippen LogP contribution in [0.5, 0.6) is 0 Å². The normalized spacial score (nSPS) is 14.8. The number of hydrogen-bond acceptors (Lipinski definition) is 2. The highest BCUT2D eigenvalue weighted by atomic mass is 19.2. The molecule has 1 aromatic carbocycles. The minimum atomic E-state index is -2.28. The van der Waals surface area contributed by atoms with E-state index in [1.54, 1.807) is 0 Å². The quantitative estimate of drug-likeness (QED) is 0.493. The first-order chi connectivity index (χ1) is 7.82. The highest BCUT2D eigenvalue weighted by molar-refractivity contribution is 5.26. The van der Waals surface area contributed by atoms with E-state index in [2.05, 4.69) is 0 Å². The zero-order valence-corrected chi connectivity index (χ0v) is 8.65. The molecule has 0 radical (unpaired) electrons. The fraction of sp³-hybridized carbons (Fsp3) is 0.400. The Balaban J connectivity index is 3.44. The van der Waals surface area contributed by atoms with Crippen LogP contribution in [0.4, 0.5) is 22.0 Å². The van der Waals surface area contributed by atoms with Gasteiger partial charge in [0.05, 0.1) is 11.7 Å². The molecule has 0 unspecified atom stereocenters. The van der Waals surface area contributed by atoms with Crippen LogP contribution in [0.3, 0.4) is 0 Å². The van der Waals surface area contributed by atoms with Crippen molar-refractivity contribution in [1.29, 1.82) is 0 Å². The van der Waals surface area contributed by atoms with E-state index in [1.165, 1.54) is 6.92 Å². The van der Waals surface area contributed by atoms with Gasteiger partial charge in [0.1, 0.15) is 0 Å². The van der Waals surface area contributed by atoms with Crippen molar-refractivity contribution in [2.75, 3.05) is 6.61 Å². The largest absolute Gasteiger partial charge is 0.396 e. The lowest BCUT2D eigenvalue weighted by atomic mass is 9.96. The van der Waals surface area contributed by atoms with Gasteiger partial charge in [-0.3, -0.25) is 0 Å². The van der Waals surface area contributed by atoms with E-state index in [4.69, 9.17) is 5.11 Å². The molecule has 2 N–H and O–H groups in total. The molecule has 1 aromatic rings. The van der Waals surface area contributed by atoms with Gasteiger partial charge in [-0.25, -0.2) is 22.0 Å². The summed E-state index contributed by atoms with van der Waals surface area (Å²) >= 11 is 0. The molecule has 2 atom stereocenters. The highest BCUT2D eigenvalue weighted by Crippen LogP contribution is 2.31. The molecule has 17 heavy (non-hydrogen) atoms. The van der Waals surface area contributed by atoms with Gasteiger partial charge in [0, 0.05) is 12.5 Å². The summed E-state index contributed by atoms with van der Waals surface area (Å²) in [6.07, 6.45) is -1.98. The number of aliphatic hydroxyl groups excluding tert-OH is 2.